The molecule has 0 N–H and O–H groups in total. The maximum absolute atomic E-state index is 12.2. The number of hydrogen-bond acceptors (Lipinski definition) is 5. The Morgan fingerprint density at radius 1 is 0.739 bits per heavy atom. The number of Topliss-reactive ketones (excluding diaryl/α,β-unsaturated/α-hetero) is 2. The SMILES string of the molecule is COc1ccc(OC(=O)c2cc(C(C)=O)cc(C(C)=O)c2)cc1. The Balaban J connectivity index is 2.30. The molecule has 0 saturated heterocycles. The second-order valence-corrected chi connectivity index (χ2v) is 4.98. The highest BCUT2D eigenvalue weighted by Crippen LogP contribution is 2.19. The van der Waals surface area contributed by atoms with E-state index < -0.39 is 5.97 Å². The quantitative estimate of drug-likeness (QED) is 0.481. The molecule has 0 amide bonds. The van der Waals surface area contributed by atoms with E-state index in [1.54, 1.807) is 24.3 Å². The molecule has 5 heteroatoms. The average Bonchev–Trinajstić information content (AvgIpc) is 2.55. The molecule has 2 aromatic carbocycles. The lowest BCUT2D eigenvalue weighted by Crippen LogP contribution is -2.11. The molecule has 0 aliphatic carbocycles. The summed E-state index contributed by atoms with van der Waals surface area (Å²) in [5.74, 6) is -0.116. The second kappa shape index (κ2) is 6.87. The molecule has 0 aliphatic rings. The summed E-state index contributed by atoms with van der Waals surface area (Å²) in [5, 5.41) is 0. The Morgan fingerprint density at radius 2 is 1.17 bits per heavy atom. The van der Waals surface area contributed by atoms with Crippen LogP contribution in [0.4, 0.5) is 0 Å². The molecular weight excluding hydrogens is 296 g/mol. The van der Waals surface area contributed by atoms with E-state index >= 15 is 0 Å². The third-order valence-corrected chi connectivity index (χ3v) is 3.25. The minimum Gasteiger partial charge on any atom is -0.497 e. The molecule has 0 bridgehead atoms. The van der Waals surface area contributed by atoms with Gasteiger partial charge in [0.1, 0.15) is 11.5 Å². The van der Waals surface area contributed by atoms with Crippen molar-refractivity contribution < 1.29 is 23.9 Å². The van der Waals surface area contributed by atoms with Crippen LogP contribution in [-0.2, 0) is 0 Å². The predicted molar refractivity (Wildman–Crippen MR) is 84.4 cm³/mol. The molecule has 0 heterocycles. The van der Waals surface area contributed by atoms with Crippen molar-refractivity contribution in [3.8, 4) is 11.5 Å². The van der Waals surface area contributed by atoms with Gasteiger partial charge in [0.15, 0.2) is 11.6 Å². The molecule has 5 nitrogen and oxygen atoms in total. The molecule has 0 radical (unpaired) electrons. The van der Waals surface area contributed by atoms with Gasteiger partial charge in [-0.3, -0.25) is 9.59 Å². The number of esters is 1. The van der Waals surface area contributed by atoms with Crippen LogP contribution >= 0.6 is 0 Å². The van der Waals surface area contributed by atoms with Crippen molar-refractivity contribution in [3.05, 3.63) is 59.2 Å². The van der Waals surface area contributed by atoms with Gasteiger partial charge in [-0.05, 0) is 56.3 Å². The molecule has 0 fully saturated rings. The third-order valence-electron chi connectivity index (χ3n) is 3.25. The van der Waals surface area contributed by atoms with Crippen molar-refractivity contribution in [1.82, 2.24) is 0 Å². The fraction of sp³-hybridized carbons (Fsp3) is 0.167. The summed E-state index contributed by atoms with van der Waals surface area (Å²) >= 11 is 0. The number of rotatable bonds is 5. The molecule has 0 unspecified atom stereocenters. The summed E-state index contributed by atoms with van der Waals surface area (Å²) in [6, 6.07) is 10.8. The van der Waals surface area contributed by atoms with E-state index in [-0.39, 0.29) is 17.1 Å². The highest BCUT2D eigenvalue weighted by molar-refractivity contribution is 6.03. The topological polar surface area (TPSA) is 69.7 Å². The summed E-state index contributed by atoms with van der Waals surface area (Å²) in [4.78, 5) is 35.3. The number of carbonyl (C=O) groups excluding carboxylic acids is 3. The molecule has 2 rings (SSSR count). The van der Waals surface area contributed by atoms with Crippen LogP contribution in [0.5, 0.6) is 11.5 Å². The Hall–Kier alpha value is -2.95. The van der Waals surface area contributed by atoms with Crippen molar-refractivity contribution >= 4 is 17.5 Å². The van der Waals surface area contributed by atoms with E-state index in [0.717, 1.165) is 0 Å². The van der Waals surface area contributed by atoms with Crippen LogP contribution in [-0.4, -0.2) is 24.6 Å². The second-order valence-electron chi connectivity index (χ2n) is 4.98. The van der Waals surface area contributed by atoms with Gasteiger partial charge in [0.2, 0.25) is 0 Å². The zero-order valence-corrected chi connectivity index (χ0v) is 13.1. The molecule has 23 heavy (non-hydrogen) atoms. The van der Waals surface area contributed by atoms with Crippen molar-refractivity contribution in [2.24, 2.45) is 0 Å². The van der Waals surface area contributed by atoms with Crippen molar-refractivity contribution in [1.29, 1.82) is 0 Å². The first-order valence-corrected chi connectivity index (χ1v) is 6.94. The van der Waals surface area contributed by atoms with Crippen molar-refractivity contribution in [2.45, 2.75) is 13.8 Å². The van der Waals surface area contributed by atoms with Crippen LogP contribution in [0.2, 0.25) is 0 Å². The maximum Gasteiger partial charge on any atom is 0.343 e. The number of methoxy groups -OCH3 is 1. The summed E-state index contributed by atoms with van der Waals surface area (Å²) in [7, 11) is 1.54. The van der Waals surface area contributed by atoms with E-state index in [4.69, 9.17) is 9.47 Å². The van der Waals surface area contributed by atoms with Gasteiger partial charge in [-0.1, -0.05) is 0 Å². The van der Waals surface area contributed by atoms with Crippen LogP contribution in [0, 0.1) is 0 Å². The summed E-state index contributed by atoms with van der Waals surface area (Å²) in [6.07, 6.45) is 0. The van der Waals surface area contributed by atoms with Gasteiger partial charge >= 0.3 is 5.97 Å². The molecule has 0 spiro atoms. The molecule has 0 aliphatic heterocycles. The largest absolute Gasteiger partial charge is 0.497 e. The standard InChI is InChI=1S/C18H16O5/c1-11(19)13-8-14(12(2)20)10-15(9-13)18(21)23-17-6-4-16(22-3)5-7-17/h4-10H,1-3H3. The average molecular weight is 312 g/mol. The normalized spacial score (nSPS) is 10.0. The first-order valence-electron chi connectivity index (χ1n) is 6.94. The van der Waals surface area contributed by atoms with Gasteiger partial charge < -0.3 is 9.47 Å². The molecular formula is C18H16O5. The fourth-order valence-corrected chi connectivity index (χ4v) is 1.96. The first kappa shape index (κ1) is 16.4. The Labute approximate surface area is 133 Å². The van der Waals surface area contributed by atoms with Crippen LogP contribution in [0.25, 0.3) is 0 Å². The summed E-state index contributed by atoms with van der Waals surface area (Å²) in [6.45, 7) is 2.75. The van der Waals surface area contributed by atoms with Crippen LogP contribution in [0.1, 0.15) is 44.9 Å². The number of benzene rings is 2. The molecule has 0 aromatic heterocycles. The number of ketones is 2. The first-order chi connectivity index (χ1) is 10.9. The van der Waals surface area contributed by atoms with E-state index in [0.29, 0.717) is 22.6 Å². The van der Waals surface area contributed by atoms with Gasteiger partial charge in [0.25, 0.3) is 0 Å². The third kappa shape index (κ3) is 4.03. The van der Waals surface area contributed by atoms with Crippen molar-refractivity contribution in [3.63, 3.8) is 0 Å². The Kier molecular flexibility index (Phi) is 4.91. The monoisotopic (exact) mass is 312 g/mol. The summed E-state index contributed by atoms with van der Waals surface area (Å²) in [5.41, 5.74) is 0.734. The van der Waals surface area contributed by atoms with Gasteiger partial charge in [0.05, 0.1) is 12.7 Å². The Bertz CT molecular complexity index is 727. The van der Waals surface area contributed by atoms with Gasteiger partial charge in [-0.2, -0.15) is 0 Å². The van der Waals surface area contributed by atoms with E-state index in [1.807, 2.05) is 0 Å². The van der Waals surface area contributed by atoms with Crippen LogP contribution < -0.4 is 9.47 Å². The van der Waals surface area contributed by atoms with E-state index in [2.05, 4.69) is 0 Å². The lowest BCUT2D eigenvalue weighted by Gasteiger charge is -2.08. The van der Waals surface area contributed by atoms with Gasteiger partial charge in [-0.25, -0.2) is 4.79 Å². The van der Waals surface area contributed by atoms with Crippen molar-refractivity contribution in [2.75, 3.05) is 7.11 Å². The zero-order valence-electron chi connectivity index (χ0n) is 13.1. The zero-order chi connectivity index (χ0) is 17.0. The number of hydrogen-bond donors (Lipinski definition) is 0. The molecule has 2 aromatic rings. The molecule has 0 atom stereocenters. The van der Waals surface area contributed by atoms with Gasteiger partial charge in [-0.15, -0.1) is 0 Å². The highest BCUT2D eigenvalue weighted by atomic mass is 16.5. The van der Waals surface area contributed by atoms with Crippen LogP contribution in [0.3, 0.4) is 0 Å². The minimum absolute atomic E-state index is 0.152. The fourth-order valence-electron chi connectivity index (χ4n) is 1.96. The van der Waals surface area contributed by atoms with Crippen LogP contribution in [0.15, 0.2) is 42.5 Å². The molecule has 0 saturated carbocycles. The lowest BCUT2D eigenvalue weighted by atomic mass is 10.0. The minimum atomic E-state index is -0.638. The number of ether oxygens (including phenoxy) is 2. The van der Waals surface area contributed by atoms with Gasteiger partial charge in [0, 0.05) is 11.1 Å². The molecule has 118 valence electrons. The smallest absolute Gasteiger partial charge is 0.343 e. The van der Waals surface area contributed by atoms with E-state index in [1.165, 1.54) is 39.2 Å². The Morgan fingerprint density at radius 3 is 1.61 bits per heavy atom. The van der Waals surface area contributed by atoms with E-state index in [9.17, 15) is 14.4 Å². The predicted octanol–water partition coefficient (Wildman–Crippen LogP) is 3.32. The lowest BCUT2D eigenvalue weighted by molar-refractivity contribution is 0.0734. The number of carbonyl (C=O) groups is 3. The highest BCUT2D eigenvalue weighted by Gasteiger charge is 2.14. The summed E-state index contributed by atoms with van der Waals surface area (Å²) < 4.78 is 10.3. The maximum atomic E-state index is 12.2.